The molecule has 0 aliphatic carbocycles. The summed E-state index contributed by atoms with van der Waals surface area (Å²) in [6, 6.07) is 12.8. The van der Waals surface area contributed by atoms with Crippen molar-refractivity contribution < 1.29 is 38.2 Å². The summed E-state index contributed by atoms with van der Waals surface area (Å²) in [6.07, 6.45) is 0. The molecule has 84 valence electrons. The zero-order valence-electron chi connectivity index (χ0n) is 9.64. The van der Waals surface area contributed by atoms with Gasteiger partial charge in [-0.1, -0.05) is 6.07 Å². The van der Waals surface area contributed by atoms with Crippen LogP contribution in [0.5, 0.6) is 23.0 Å². The van der Waals surface area contributed by atoms with Gasteiger partial charge in [0.2, 0.25) is 0 Å². The van der Waals surface area contributed by atoms with Crippen LogP contribution in [0.4, 0.5) is 0 Å². The molecule has 0 radical (unpaired) electrons. The number of hydrogen-bond acceptors (Lipinski definition) is 3. The third kappa shape index (κ3) is 1.97. The summed E-state index contributed by atoms with van der Waals surface area (Å²) in [7, 11) is 0. The average molecular weight is 234 g/mol. The summed E-state index contributed by atoms with van der Waals surface area (Å²) >= 11 is 0. The number of aromatic carboxylic acids is 1. The van der Waals surface area contributed by atoms with Gasteiger partial charge in [0.15, 0.2) is 11.5 Å². The maximum Gasteiger partial charge on any atom is 1.00 e. The van der Waals surface area contributed by atoms with Crippen LogP contribution in [0.3, 0.4) is 0 Å². The molecule has 0 saturated carbocycles. The van der Waals surface area contributed by atoms with Gasteiger partial charge in [-0.2, -0.15) is 12.1 Å². The van der Waals surface area contributed by atoms with Crippen LogP contribution in [0.25, 0.3) is 0 Å². The molecule has 0 spiro atoms. The molecule has 0 unspecified atom stereocenters. The number of benzene rings is 2. The fraction of sp³-hybridized carbons (Fsp3) is 0. The molecule has 2 aromatic rings. The second kappa shape index (κ2) is 4.77. The van der Waals surface area contributed by atoms with E-state index in [1.165, 1.54) is 6.07 Å². The second-order valence-corrected chi connectivity index (χ2v) is 3.51. The summed E-state index contributed by atoms with van der Waals surface area (Å²) in [4.78, 5) is 11.0. The van der Waals surface area contributed by atoms with Crippen LogP contribution >= 0.6 is 0 Å². The van der Waals surface area contributed by atoms with Crippen molar-refractivity contribution in [2.45, 2.75) is 0 Å². The number of ether oxygens (including phenoxy) is 2. The molecule has 18 heavy (non-hydrogen) atoms. The first kappa shape index (κ1) is 12.6. The number of fused-ring (bicyclic) bond motifs is 2. The molecular weight excluding hydrogens is 227 g/mol. The number of carbonyl (C=O) groups is 1. The summed E-state index contributed by atoms with van der Waals surface area (Å²) in [5.74, 6) is 0.494. The van der Waals surface area contributed by atoms with Gasteiger partial charge in [0.25, 0.3) is 0 Å². The standard InChI is InChI=1S/C13H7O4.Li/c14-13(15)8-4-3-7-11-12(8)17-10-6-2-1-5-9(10)16-11;/h1-5,7H,(H,14,15);/q-1;+1. The maximum absolute atomic E-state index is 11.0. The largest absolute Gasteiger partial charge is 1.00 e. The molecule has 5 heteroatoms. The van der Waals surface area contributed by atoms with E-state index in [0.29, 0.717) is 17.2 Å². The van der Waals surface area contributed by atoms with E-state index in [1.807, 2.05) is 0 Å². The Kier molecular flexibility index (Phi) is 3.33. The van der Waals surface area contributed by atoms with Crippen molar-refractivity contribution in [2.75, 3.05) is 0 Å². The van der Waals surface area contributed by atoms with E-state index in [2.05, 4.69) is 6.07 Å². The molecule has 1 N–H and O–H groups in total. The van der Waals surface area contributed by atoms with Crippen molar-refractivity contribution in [1.29, 1.82) is 0 Å². The summed E-state index contributed by atoms with van der Waals surface area (Å²) in [5.41, 5.74) is 0.0744. The zero-order chi connectivity index (χ0) is 11.8. The van der Waals surface area contributed by atoms with Crippen LogP contribution in [0.2, 0.25) is 0 Å². The fourth-order valence-electron chi connectivity index (χ4n) is 1.66. The normalized spacial score (nSPS) is 11.1. The van der Waals surface area contributed by atoms with Crippen molar-refractivity contribution in [3.8, 4) is 23.0 Å². The molecule has 0 aromatic heterocycles. The smallest absolute Gasteiger partial charge is 0.510 e. The Morgan fingerprint density at radius 1 is 1.11 bits per heavy atom. The van der Waals surface area contributed by atoms with Crippen LogP contribution < -0.4 is 28.3 Å². The Morgan fingerprint density at radius 2 is 1.89 bits per heavy atom. The first-order valence-electron chi connectivity index (χ1n) is 4.98. The predicted molar refractivity (Wildman–Crippen MR) is 58.8 cm³/mol. The minimum Gasteiger partial charge on any atom is -0.510 e. The van der Waals surface area contributed by atoms with Crippen molar-refractivity contribution in [3.05, 3.63) is 48.0 Å². The van der Waals surface area contributed by atoms with Gasteiger partial charge < -0.3 is 14.6 Å². The topological polar surface area (TPSA) is 55.8 Å². The van der Waals surface area contributed by atoms with Crippen molar-refractivity contribution in [2.24, 2.45) is 0 Å². The van der Waals surface area contributed by atoms with Gasteiger partial charge in [0.05, 0.1) is 11.5 Å². The van der Waals surface area contributed by atoms with Gasteiger partial charge in [-0.25, -0.2) is 4.79 Å². The molecule has 0 saturated heterocycles. The van der Waals surface area contributed by atoms with Crippen molar-refractivity contribution >= 4 is 5.97 Å². The Hall–Kier alpha value is -1.89. The number of hydrogen-bond donors (Lipinski definition) is 1. The number of carboxylic acid groups (broad SMARTS) is 1. The number of rotatable bonds is 1. The van der Waals surface area contributed by atoms with Gasteiger partial charge in [-0.15, -0.1) is 12.1 Å². The minimum absolute atomic E-state index is 0. The van der Waals surface area contributed by atoms with E-state index in [9.17, 15) is 4.79 Å². The van der Waals surface area contributed by atoms with Crippen LogP contribution in [-0.2, 0) is 0 Å². The van der Waals surface area contributed by atoms with Crippen LogP contribution in [0, 0.1) is 6.07 Å². The molecule has 3 rings (SSSR count). The third-order valence-corrected chi connectivity index (χ3v) is 2.42. The van der Waals surface area contributed by atoms with E-state index in [1.54, 1.807) is 30.3 Å². The molecule has 0 bridgehead atoms. The number of carboxylic acids is 1. The second-order valence-electron chi connectivity index (χ2n) is 3.51. The Balaban J connectivity index is 0.00000120. The van der Waals surface area contributed by atoms with Gasteiger partial charge >= 0.3 is 24.8 Å². The van der Waals surface area contributed by atoms with Gasteiger partial charge in [-0.3, -0.25) is 0 Å². The third-order valence-electron chi connectivity index (χ3n) is 2.42. The van der Waals surface area contributed by atoms with Crippen LogP contribution in [-0.4, -0.2) is 11.1 Å². The van der Waals surface area contributed by atoms with Crippen molar-refractivity contribution in [1.82, 2.24) is 0 Å². The summed E-state index contributed by atoms with van der Waals surface area (Å²) in [5, 5.41) is 9.04. The Labute approximate surface area is 115 Å². The SMILES string of the molecule is O=C(O)c1cccc2c1Oc1[c-]cccc1O2.[Li+]. The Bertz CT molecular complexity index is 610. The molecule has 0 amide bonds. The van der Waals surface area contributed by atoms with E-state index in [4.69, 9.17) is 14.6 Å². The average Bonchev–Trinajstić information content (AvgIpc) is 2.35. The van der Waals surface area contributed by atoms with E-state index in [0.717, 1.165) is 0 Å². The first-order valence-corrected chi connectivity index (χ1v) is 4.98. The minimum atomic E-state index is -1.05. The first-order chi connectivity index (χ1) is 8.25. The Morgan fingerprint density at radius 3 is 2.67 bits per heavy atom. The van der Waals surface area contributed by atoms with E-state index in [-0.39, 0.29) is 30.2 Å². The van der Waals surface area contributed by atoms with Crippen LogP contribution in [0.1, 0.15) is 10.4 Å². The summed E-state index contributed by atoms with van der Waals surface area (Å²) < 4.78 is 11.1. The quantitative estimate of drug-likeness (QED) is 0.479. The monoisotopic (exact) mass is 234 g/mol. The number of para-hydroxylation sites is 2. The zero-order valence-corrected chi connectivity index (χ0v) is 9.64. The van der Waals surface area contributed by atoms with Crippen LogP contribution in [0.15, 0.2) is 36.4 Å². The van der Waals surface area contributed by atoms with E-state index < -0.39 is 5.97 Å². The van der Waals surface area contributed by atoms with Gasteiger partial charge in [-0.05, 0) is 12.1 Å². The van der Waals surface area contributed by atoms with E-state index >= 15 is 0 Å². The summed E-state index contributed by atoms with van der Waals surface area (Å²) in [6.45, 7) is 0. The van der Waals surface area contributed by atoms with Crippen molar-refractivity contribution in [3.63, 3.8) is 0 Å². The molecule has 0 atom stereocenters. The maximum atomic E-state index is 11.0. The molecule has 1 heterocycles. The fourth-order valence-corrected chi connectivity index (χ4v) is 1.66. The molecular formula is C13H7LiO4. The molecule has 2 aromatic carbocycles. The molecule has 1 aliphatic heterocycles. The molecule has 0 fully saturated rings. The van der Waals surface area contributed by atoms with Gasteiger partial charge in [0.1, 0.15) is 5.56 Å². The molecule has 1 aliphatic rings. The van der Waals surface area contributed by atoms with Gasteiger partial charge in [0, 0.05) is 0 Å². The predicted octanol–water partition coefficient (Wildman–Crippen LogP) is 0.0870. The molecule has 4 nitrogen and oxygen atoms in total.